The molecule has 0 saturated carbocycles. The van der Waals surface area contributed by atoms with Gasteiger partial charge in [0.2, 0.25) is 5.91 Å². The Hall–Kier alpha value is -3.39. The van der Waals surface area contributed by atoms with E-state index < -0.39 is 23.4 Å². The van der Waals surface area contributed by atoms with Crippen molar-refractivity contribution < 1.29 is 14.4 Å². The highest BCUT2D eigenvalue weighted by molar-refractivity contribution is 6.10. The SMILES string of the molecule is CCC1(c2ccccc2)NC(=O)N(CC(=O)Nc2ccccc2N2CCN(C)CC2)C1=O. The van der Waals surface area contributed by atoms with Gasteiger partial charge in [-0.15, -0.1) is 0 Å². The third-order valence-corrected chi connectivity index (χ3v) is 6.30. The first kappa shape index (κ1) is 21.8. The quantitative estimate of drug-likeness (QED) is 0.680. The highest BCUT2D eigenvalue weighted by atomic mass is 16.2. The number of imide groups is 1. The van der Waals surface area contributed by atoms with Crippen LogP contribution in [-0.4, -0.2) is 67.4 Å². The van der Waals surface area contributed by atoms with E-state index in [0.717, 1.165) is 36.8 Å². The number of likely N-dealkylation sites (N-methyl/N-ethyl adjacent to an activating group) is 1. The molecule has 0 aromatic heterocycles. The molecule has 1 unspecified atom stereocenters. The molecule has 2 aliphatic heterocycles. The molecule has 4 rings (SSSR count). The molecule has 0 spiro atoms. The number of nitrogens with one attached hydrogen (secondary N) is 2. The van der Waals surface area contributed by atoms with Crippen molar-refractivity contribution in [1.29, 1.82) is 0 Å². The van der Waals surface area contributed by atoms with Crippen molar-refractivity contribution in [1.82, 2.24) is 15.1 Å². The number of anilines is 2. The number of benzene rings is 2. The number of para-hydroxylation sites is 2. The second-order valence-electron chi connectivity index (χ2n) is 8.30. The number of amides is 4. The Morgan fingerprint density at radius 1 is 1.00 bits per heavy atom. The van der Waals surface area contributed by atoms with Crippen molar-refractivity contribution in [3.63, 3.8) is 0 Å². The Labute approximate surface area is 188 Å². The van der Waals surface area contributed by atoms with Crippen LogP contribution in [0, 0.1) is 0 Å². The Morgan fingerprint density at radius 2 is 1.66 bits per heavy atom. The summed E-state index contributed by atoms with van der Waals surface area (Å²) in [6.07, 6.45) is 0.395. The molecule has 8 nitrogen and oxygen atoms in total. The van der Waals surface area contributed by atoms with E-state index in [1.165, 1.54) is 0 Å². The second kappa shape index (κ2) is 9.00. The third kappa shape index (κ3) is 4.05. The van der Waals surface area contributed by atoms with Gasteiger partial charge in [0.1, 0.15) is 12.1 Å². The van der Waals surface area contributed by atoms with Crippen LogP contribution in [0.25, 0.3) is 0 Å². The van der Waals surface area contributed by atoms with E-state index in [0.29, 0.717) is 17.7 Å². The summed E-state index contributed by atoms with van der Waals surface area (Å²) in [6.45, 7) is 5.14. The number of hydrogen-bond donors (Lipinski definition) is 2. The summed E-state index contributed by atoms with van der Waals surface area (Å²) in [4.78, 5) is 44.3. The molecule has 168 valence electrons. The first-order chi connectivity index (χ1) is 15.4. The lowest BCUT2D eigenvalue weighted by atomic mass is 9.87. The van der Waals surface area contributed by atoms with Gasteiger partial charge in [-0.1, -0.05) is 49.4 Å². The fourth-order valence-electron chi connectivity index (χ4n) is 4.37. The Bertz CT molecular complexity index is 1000. The minimum Gasteiger partial charge on any atom is -0.367 e. The first-order valence-corrected chi connectivity index (χ1v) is 11.0. The lowest BCUT2D eigenvalue weighted by Crippen LogP contribution is -2.45. The Kier molecular flexibility index (Phi) is 6.14. The Morgan fingerprint density at radius 3 is 2.34 bits per heavy atom. The zero-order chi connectivity index (χ0) is 22.7. The summed E-state index contributed by atoms with van der Waals surface area (Å²) in [6, 6.07) is 16.2. The van der Waals surface area contributed by atoms with E-state index in [1.807, 2.05) is 61.5 Å². The molecule has 2 N–H and O–H groups in total. The van der Waals surface area contributed by atoms with Gasteiger partial charge in [-0.3, -0.25) is 14.5 Å². The van der Waals surface area contributed by atoms with E-state index in [-0.39, 0.29) is 6.54 Å². The third-order valence-electron chi connectivity index (χ3n) is 6.30. The van der Waals surface area contributed by atoms with Crippen molar-refractivity contribution in [2.45, 2.75) is 18.9 Å². The van der Waals surface area contributed by atoms with Crippen LogP contribution in [0.1, 0.15) is 18.9 Å². The molecule has 2 saturated heterocycles. The largest absolute Gasteiger partial charge is 0.367 e. The maximum atomic E-state index is 13.3. The lowest BCUT2D eigenvalue weighted by Gasteiger charge is -2.35. The van der Waals surface area contributed by atoms with E-state index in [4.69, 9.17) is 0 Å². The highest BCUT2D eigenvalue weighted by Crippen LogP contribution is 2.32. The van der Waals surface area contributed by atoms with Gasteiger partial charge < -0.3 is 20.4 Å². The predicted octanol–water partition coefficient (Wildman–Crippen LogP) is 2.23. The number of piperazine rings is 1. The average Bonchev–Trinajstić information content (AvgIpc) is 3.06. The smallest absolute Gasteiger partial charge is 0.325 e. The molecule has 2 aromatic rings. The molecule has 2 fully saturated rings. The van der Waals surface area contributed by atoms with Gasteiger partial charge in [-0.2, -0.15) is 0 Å². The van der Waals surface area contributed by atoms with Crippen molar-refractivity contribution in [2.75, 3.05) is 50.0 Å². The summed E-state index contributed by atoms with van der Waals surface area (Å²) in [5.74, 6) is -0.811. The zero-order valence-electron chi connectivity index (χ0n) is 18.5. The number of carbonyl (C=O) groups is 3. The van der Waals surface area contributed by atoms with E-state index in [9.17, 15) is 14.4 Å². The van der Waals surface area contributed by atoms with E-state index in [2.05, 4.69) is 27.5 Å². The van der Waals surface area contributed by atoms with Gasteiger partial charge >= 0.3 is 6.03 Å². The summed E-state index contributed by atoms with van der Waals surface area (Å²) in [5, 5.41) is 5.72. The summed E-state index contributed by atoms with van der Waals surface area (Å²) in [7, 11) is 2.09. The normalized spacial score (nSPS) is 21.6. The van der Waals surface area contributed by atoms with Gasteiger partial charge in [-0.25, -0.2) is 4.79 Å². The van der Waals surface area contributed by atoms with Crippen molar-refractivity contribution in [3.05, 3.63) is 60.2 Å². The van der Waals surface area contributed by atoms with Crippen LogP contribution in [0.4, 0.5) is 16.2 Å². The average molecular weight is 436 g/mol. The number of nitrogens with zero attached hydrogens (tertiary/aromatic N) is 3. The molecule has 2 aliphatic rings. The van der Waals surface area contributed by atoms with Gasteiger partial charge in [0.15, 0.2) is 0 Å². The number of hydrogen-bond acceptors (Lipinski definition) is 5. The van der Waals surface area contributed by atoms with Crippen molar-refractivity contribution in [2.24, 2.45) is 0 Å². The monoisotopic (exact) mass is 435 g/mol. The topological polar surface area (TPSA) is 85.0 Å². The standard InChI is InChI=1S/C24H29N5O3/c1-3-24(18-9-5-4-6-10-18)22(31)29(23(32)26-24)17-21(30)25-19-11-7-8-12-20(19)28-15-13-27(2)14-16-28/h4-12H,3,13-17H2,1-2H3,(H,25,30)(H,26,32). The fraction of sp³-hybridized carbons (Fsp3) is 0.375. The number of carbonyl (C=O) groups excluding carboxylic acids is 3. The van der Waals surface area contributed by atoms with Crippen LogP contribution in [0.5, 0.6) is 0 Å². The van der Waals surface area contributed by atoms with E-state index >= 15 is 0 Å². The number of rotatable bonds is 6. The van der Waals surface area contributed by atoms with Crippen molar-refractivity contribution in [3.8, 4) is 0 Å². The lowest BCUT2D eigenvalue weighted by molar-refractivity contribution is -0.134. The molecule has 32 heavy (non-hydrogen) atoms. The van der Waals surface area contributed by atoms with Crippen molar-refractivity contribution >= 4 is 29.2 Å². The molecule has 0 radical (unpaired) electrons. The molecule has 2 aromatic carbocycles. The van der Waals surface area contributed by atoms with Crippen LogP contribution < -0.4 is 15.5 Å². The van der Waals surface area contributed by atoms with Crippen LogP contribution >= 0.6 is 0 Å². The summed E-state index contributed by atoms with van der Waals surface area (Å²) in [5.41, 5.74) is 1.19. The molecule has 8 heteroatoms. The first-order valence-electron chi connectivity index (χ1n) is 11.0. The summed E-state index contributed by atoms with van der Waals surface area (Å²) >= 11 is 0. The Balaban J connectivity index is 1.48. The second-order valence-corrected chi connectivity index (χ2v) is 8.30. The van der Waals surface area contributed by atoms with Gasteiger partial charge in [0.05, 0.1) is 11.4 Å². The van der Waals surface area contributed by atoms with Gasteiger partial charge in [0.25, 0.3) is 5.91 Å². The molecule has 4 amide bonds. The van der Waals surface area contributed by atoms with Gasteiger partial charge in [0, 0.05) is 26.2 Å². The molecule has 0 bridgehead atoms. The molecule has 1 atom stereocenters. The molecular weight excluding hydrogens is 406 g/mol. The van der Waals surface area contributed by atoms with Crippen LogP contribution in [-0.2, 0) is 15.1 Å². The maximum absolute atomic E-state index is 13.3. The van der Waals surface area contributed by atoms with Crippen LogP contribution in [0.3, 0.4) is 0 Å². The predicted molar refractivity (Wildman–Crippen MR) is 123 cm³/mol. The highest BCUT2D eigenvalue weighted by Gasteiger charge is 2.51. The minimum absolute atomic E-state index is 0.337. The van der Waals surface area contributed by atoms with Crippen LogP contribution in [0.15, 0.2) is 54.6 Å². The van der Waals surface area contributed by atoms with E-state index in [1.54, 1.807) is 0 Å². The number of urea groups is 1. The molecular formula is C24H29N5O3. The minimum atomic E-state index is -1.14. The fourth-order valence-corrected chi connectivity index (χ4v) is 4.37. The molecule has 2 heterocycles. The molecule has 0 aliphatic carbocycles. The maximum Gasteiger partial charge on any atom is 0.325 e. The van der Waals surface area contributed by atoms with Crippen LogP contribution in [0.2, 0.25) is 0 Å². The zero-order valence-corrected chi connectivity index (χ0v) is 18.5. The van der Waals surface area contributed by atoms with Gasteiger partial charge in [-0.05, 0) is 31.2 Å². The summed E-state index contributed by atoms with van der Waals surface area (Å²) < 4.78 is 0.